The number of amides is 1. The smallest absolute Gasteiger partial charge is 0.293 e. The van der Waals surface area contributed by atoms with Gasteiger partial charge < -0.3 is 16.4 Å². The van der Waals surface area contributed by atoms with Gasteiger partial charge in [-0.3, -0.25) is 14.2 Å². The molecule has 1 atom stereocenters. The number of nitrogens with two attached hydrogens (primary N) is 1. The molecule has 0 fully saturated rings. The van der Waals surface area contributed by atoms with Gasteiger partial charge in [-0.2, -0.15) is 0 Å². The molecule has 31 heavy (non-hydrogen) atoms. The average Bonchev–Trinajstić information content (AvgIpc) is 3.15. The fourth-order valence-corrected chi connectivity index (χ4v) is 3.93. The van der Waals surface area contributed by atoms with Gasteiger partial charge in [0.1, 0.15) is 12.4 Å². The van der Waals surface area contributed by atoms with Crippen LogP contribution in [0.3, 0.4) is 0 Å². The van der Waals surface area contributed by atoms with E-state index in [0.29, 0.717) is 18.1 Å². The Hall–Kier alpha value is -3.68. The highest BCUT2D eigenvalue weighted by Crippen LogP contribution is 2.32. The number of nitrogens with zero attached hydrogens (tertiary/aromatic N) is 3. The molecule has 1 unspecified atom stereocenters. The van der Waals surface area contributed by atoms with E-state index >= 15 is 0 Å². The van der Waals surface area contributed by atoms with Gasteiger partial charge in [0.25, 0.3) is 5.56 Å². The van der Waals surface area contributed by atoms with Gasteiger partial charge in [-0.1, -0.05) is 30.3 Å². The van der Waals surface area contributed by atoms with Crippen LogP contribution in [-0.2, 0) is 24.3 Å². The van der Waals surface area contributed by atoms with Gasteiger partial charge in [-0.05, 0) is 49.4 Å². The van der Waals surface area contributed by atoms with E-state index in [1.807, 2.05) is 25.1 Å². The Balaban J connectivity index is 1.46. The maximum atomic E-state index is 13.0. The van der Waals surface area contributed by atoms with E-state index in [4.69, 9.17) is 5.73 Å². The lowest BCUT2D eigenvalue weighted by atomic mass is 10.1. The molecule has 0 saturated heterocycles. The first-order chi connectivity index (χ1) is 14.9. The van der Waals surface area contributed by atoms with Crippen molar-refractivity contribution in [1.29, 1.82) is 0 Å². The van der Waals surface area contributed by atoms with Crippen LogP contribution in [0, 0.1) is 13.8 Å². The molecule has 3 aromatic rings. The Morgan fingerprint density at radius 1 is 1.23 bits per heavy atom. The van der Waals surface area contributed by atoms with Crippen LogP contribution in [0.4, 0.5) is 11.6 Å². The van der Waals surface area contributed by atoms with Crippen molar-refractivity contribution >= 4 is 17.5 Å². The van der Waals surface area contributed by atoms with Crippen LogP contribution >= 0.6 is 0 Å². The van der Waals surface area contributed by atoms with Crippen molar-refractivity contribution in [3.63, 3.8) is 0 Å². The number of fused-ring (bicyclic) bond motifs is 1. The first kappa shape index (κ1) is 20.6. The third-order valence-electron chi connectivity index (χ3n) is 5.69. The van der Waals surface area contributed by atoms with Crippen LogP contribution in [0.1, 0.15) is 40.5 Å². The fourth-order valence-electron chi connectivity index (χ4n) is 3.93. The third-order valence-corrected chi connectivity index (χ3v) is 5.69. The lowest BCUT2D eigenvalue weighted by molar-refractivity contribution is -0.121. The van der Waals surface area contributed by atoms with E-state index in [1.165, 1.54) is 15.7 Å². The number of anilines is 2. The molecule has 0 radical (unpaired) electrons. The topological polar surface area (TPSA) is 115 Å². The zero-order valence-corrected chi connectivity index (χ0v) is 17.7. The van der Waals surface area contributed by atoms with Gasteiger partial charge >= 0.3 is 0 Å². The molecular formula is C23H26N6O2. The number of nitrogens with one attached hydrogen (secondary N) is 2. The molecule has 1 amide bonds. The Bertz CT molecular complexity index is 1190. The quantitative estimate of drug-likeness (QED) is 0.566. The Morgan fingerprint density at radius 3 is 2.84 bits per heavy atom. The summed E-state index contributed by atoms with van der Waals surface area (Å²) in [5.41, 5.74) is 10.1. The summed E-state index contributed by atoms with van der Waals surface area (Å²) in [5.74, 6) is 0.444. The molecule has 4 rings (SSSR count). The third kappa shape index (κ3) is 4.42. The summed E-state index contributed by atoms with van der Waals surface area (Å²) in [4.78, 5) is 34.1. The summed E-state index contributed by atoms with van der Waals surface area (Å²) >= 11 is 0. The van der Waals surface area contributed by atoms with Crippen molar-refractivity contribution < 1.29 is 4.79 Å². The monoisotopic (exact) mass is 418 g/mol. The zero-order chi connectivity index (χ0) is 22.0. The lowest BCUT2D eigenvalue weighted by Crippen LogP contribution is -2.35. The molecule has 0 spiro atoms. The summed E-state index contributed by atoms with van der Waals surface area (Å²) < 4.78 is 1.44. The van der Waals surface area contributed by atoms with E-state index < -0.39 is 0 Å². The minimum atomic E-state index is -0.301. The first-order valence-corrected chi connectivity index (χ1v) is 10.3. The highest BCUT2D eigenvalue weighted by atomic mass is 16.2. The molecule has 2 aromatic heterocycles. The van der Waals surface area contributed by atoms with Crippen LogP contribution in [0.25, 0.3) is 0 Å². The van der Waals surface area contributed by atoms with Crippen molar-refractivity contribution in [2.24, 2.45) is 0 Å². The van der Waals surface area contributed by atoms with Crippen molar-refractivity contribution in [2.45, 2.75) is 45.8 Å². The fraction of sp³-hybridized carbons (Fsp3) is 0.304. The second-order valence-corrected chi connectivity index (χ2v) is 7.83. The lowest BCUT2D eigenvalue weighted by Gasteiger charge is -2.17. The number of rotatable bonds is 6. The zero-order valence-electron chi connectivity index (χ0n) is 17.7. The number of aromatic nitrogens is 3. The highest BCUT2D eigenvalue weighted by Gasteiger charge is 2.23. The maximum absolute atomic E-state index is 13.0. The van der Waals surface area contributed by atoms with Crippen LogP contribution in [0.2, 0.25) is 0 Å². The van der Waals surface area contributed by atoms with Crippen molar-refractivity contribution in [3.8, 4) is 0 Å². The molecule has 2 heterocycles. The van der Waals surface area contributed by atoms with Crippen molar-refractivity contribution in [1.82, 2.24) is 19.9 Å². The number of benzene rings is 1. The molecule has 0 aliphatic heterocycles. The molecule has 8 heteroatoms. The number of hydrogen-bond acceptors (Lipinski definition) is 6. The molecular weight excluding hydrogens is 392 g/mol. The highest BCUT2D eigenvalue weighted by molar-refractivity contribution is 5.75. The van der Waals surface area contributed by atoms with E-state index in [2.05, 4.69) is 32.7 Å². The first-order valence-electron chi connectivity index (χ1n) is 10.3. The van der Waals surface area contributed by atoms with Crippen molar-refractivity contribution in [2.75, 3.05) is 11.1 Å². The Labute approximate surface area is 180 Å². The standard InChI is InChI=1S/C23H26N6O2/c1-14-11-26-22(28-19-9-7-16-5-3-4-6-18(16)19)23(31)29(14)13-21(30)25-12-17-8-10-20(24)27-15(17)2/h3-6,8,10-11,19H,7,9,12-13H2,1-2H3,(H2,24,27)(H,25,30)(H,26,28). The minimum absolute atomic E-state index is 0.0439. The van der Waals surface area contributed by atoms with Crippen LogP contribution in [0.5, 0.6) is 0 Å². The van der Waals surface area contributed by atoms with E-state index in [0.717, 1.165) is 24.1 Å². The summed E-state index contributed by atoms with van der Waals surface area (Å²) in [5, 5.41) is 6.13. The number of pyridine rings is 1. The molecule has 8 nitrogen and oxygen atoms in total. The summed E-state index contributed by atoms with van der Waals surface area (Å²) in [7, 11) is 0. The van der Waals surface area contributed by atoms with Crippen LogP contribution in [0.15, 0.2) is 47.4 Å². The Kier molecular flexibility index (Phi) is 5.70. The molecule has 0 saturated carbocycles. The summed E-state index contributed by atoms with van der Waals surface area (Å²) in [6, 6.07) is 11.8. The van der Waals surface area contributed by atoms with E-state index in [-0.39, 0.29) is 29.9 Å². The number of carbonyl (C=O) groups is 1. The normalized spacial score (nSPS) is 14.8. The molecule has 1 aliphatic carbocycles. The van der Waals surface area contributed by atoms with Gasteiger partial charge in [0.05, 0.1) is 6.04 Å². The predicted octanol–water partition coefficient (Wildman–Crippen LogP) is 2.25. The minimum Gasteiger partial charge on any atom is -0.384 e. The second kappa shape index (κ2) is 8.59. The predicted molar refractivity (Wildman–Crippen MR) is 120 cm³/mol. The van der Waals surface area contributed by atoms with E-state index in [1.54, 1.807) is 19.2 Å². The molecule has 4 N–H and O–H groups in total. The van der Waals surface area contributed by atoms with Gasteiger partial charge in [-0.15, -0.1) is 0 Å². The van der Waals surface area contributed by atoms with E-state index in [9.17, 15) is 9.59 Å². The summed E-state index contributed by atoms with van der Waals surface area (Å²) in [6.07, 6.45) is 3.49. The van der Waals surface area contributed by atoms with Crippen LogP contribution < -0.4 is 21.9 Å². The number of nitrogen functional groups attached to an aromatic ring is 1. The average molecular weight is 419 g/mol. The molecule has 1 aromatic carbocycles. The van der Waals surface area contributed by atoms with Gasteiger partial charge in [0.2, 0.25) is 5.91 Å². The second-order valence-electron chi connectivity index (χ2n) is 7.83. The van der Waals surface area contributed by atoms with Gasteiger partial charge in [0, 0.05) is 24.1 Å². The molecule has 0 bridgehead atoms. The summed E-state index contributed by atoms with van der Waals surface area (Å²) in [6.45, 7) is 3.85. The largest absolute Gasteiger partial charge is 0.384 e. The molecule has 160 valence electrons. The van der Waals surface area contributed by atoms with Gasteiger partial charge in [-0.25, -0.2) is 9.97 Å². The Morgan fingerprint density at radius 2 is 2.03 bits per heavy atom. The van der Waals surface area contributed by atoms with Crippen LogP contribution in [-0.4, -0.2) is 20.4 Å². The van der Waals surface area contributed by atoms with Crippen molar-refractivity contribution in [3.05, 3.63) is 81.0 Å². The van der Waals surface area contributed by atoms with Gasteiger partial charge in [0.15, 0.2) is 5.82 Å². The number of hydrogen-bond donors (Lipinski definition) is 3. The molecule has 1 aliphatic rings. The number of carbonyl (C=O) groups excluding carboxylic acids is 1. The number of aryl methyl sites for hydroxylation is 3. The maximum Gasteiger partial charge on any atom is 0.293 e. The SMILES string of the molecule is Cc1nc(N)ccc1CNC(=O)Cn1c(C)cnc(NC2CCc3ccccc32)c1=O.